The minimum Gasteiger partial charge on any atom is -0.684 e. The van der Waals surface area contributed by atoms with Crippen LogP contribution in [0.15, 0.2) is 157 Å². The normalized spacial score (nSPS) is 14.9. The number of rotatable bonds is 16. The molecule has 7 aromatic rings. The van der Waals surface area contributed by atoms with Gasteiger partial charge in [0.2, 0.25) is 0 Å². The molecule has 0 unspecified atom stereocenters. The van der Waals surface area contributed by atoms with E-state index >= 15 is 0 Å². The Kier molecular flexibility index (Phi) is 25.9. The number of aryl methyl sites for hydroxylation is 2. The molecule has 0 fully saturated rings. The molecular weight excluding hydrogens is 1180 g/mol. The summed E-state index contributed by atoms with van der Waals surface area (Å²) in [7, 11) is 0. The standard InChI is InChI=1S/C36H45N3.C36H41N3.C2H6.2CH3.Hf/c2*1-23(2)27-15-7-8-16-30(27)36(39-35-28(24(3)4)17-10-18-29(35)25(5)6)33-21-11-20-32(38-33)31-19-9-13-26-14-12-22-37-34(26)31;1-2;;;/h7-11,13,15-19,21,23-25,32,36-37,39H,12,14,20,22H2,1-6H3;7-11,13,15-21,23-25,36H,12,14,22H2,1-6H3;1-2H3;2*1H3;/q;-2;;2*-1;/t32-,36-;36-;;;;/m00..../s1. The Labute approximate surface area is 522 Å². The zero-order valence-corrected chi connectivity index (χ0v) is 57.0. The summed E-state index contributed by atoms with van der Waals surface area (Å²) >= 11 is 0. The van der Waals surface area contributed by atoms with Crippen molar-refractivity contribution >= 4 is 28.5 Å². The maximum atomic E-state index is 5.62. The summed E-state index contributed by atoms with van der Waals surface area (Å²) in [6.07, 6.45) is 10.1. The molecule has 6 aromatic carbocycles. The van der Waals surface area contributed by atoms with Gasteiger partial charge >= 0.3 is 0 Å². The van der Waals surface area contributed by atoms with Gasteiger partial charge in [0.1, 0.15) is 0 Å². The molecule has 0 bridgehead atoms. The molecular formula is C76H98HfN6-4. The number of benzene rings is 6. The third-order valence-corrected chi connectivity index (χ3v) is 16.1. The Morgan fingerprint density at radius 1 is 0.542 bits per heavy atom. The van der Waals surface area contributed by atoms with E-state index < -0.39 is 0 Å². The fourth-order valence-electron chi connectivity index (χ4n) is 12.0. The Morgan fingerprint density at radius 3 is 1.66 bits per heavy atom. The van der Waals surface area contributed by atoms with Crippen LogP contribution in [0.4, 0.5) is 22.7 Å². The quantitative estimate of drug-likeness (QED) is 0.0748. The molecule has 440 valence electrons. The first-order valence-electron chi connectivity index (χ1n) is 30.5. The molecule has 83 heavy (non-hydrogen) atoms. The van der Waals surface area contributed by atoms with E-state index in [1.807, 2.05) is 13.8 Å². The maximum Gasteiger partial charge on any atom is 0.0938 e. The van der Waals surface area contributed by atoms with Crippen molar-refractivity contribution in [1.29, 1.82) is 0 Å². The monoisotopic (exact) mass is 1270 g/mol. The maximum absolute atomic E-state index is 5.62. The molecule has 2 N–H and O–H groups in total. The zero-order valence-electron chi connectivity index (χ0n) is 53.4. The average molecular weight is 1270 g/mol. The smallest absolute Gasteiger partial charge is 0.0938 e. The van der Waals surface area contributed by atoms with Crippen LogP contribution in [0, 0.1) is 14.9 Å². The van der Waals surface area contributed by atoms with Crippen LogP contribution < -0.4 is 10.6 Å². The fraction of sp³-hybridized carbons (Fsp3) is 0.395. The van der Waals surface area contributed by atoms with Crippen molar-refractivity contribution in [3.05, 3.63) is 244 Å². The third-order valence-electron chi connectivity index (χ3n) is 16.1. The molecule has 4 heterocycles. The van der Waals surface area contributed by atoms with Gasteiger partial charge in [0.25, 0.3) is 0 Å². The number of aromatic nitrogens is 1. The summed E-state index contributed by atoms with van der Waals surface area (Å²) in [5.74, 6) is 2.40. The van der Waals surface area contributed by atoms with Gasteiger partial charge in [-0.05, 0) is 124 Å². The molecule has 1 aromatic heterocycles. The van der Waals surface area contributed by atoms with Gasteiger partial charge in [-0.1, -0.05) is 259 Å². The molecule has 0 aliphatic carbocycles. The second-order valence-corrected chi connectivity index (χ2v) is 23.8. The molecule has 10 rings (SSSR count). The van der Waals surface area contributed by atoms with E-state index in [-0.39, 0.29) is 58.8 Å². The van der Waals surface area contributed by atoms with Crippen LogP contribution in [0.3, 0.4) is 0 Å². The zero-order chi connectivity index (χ0) is 57.0. The average Bonchev–Trinajstić information content (AvgIpc) is 3.61. The summed E-state index contributed by atoms with van der Waals surface area (Å²) in [5.41, 5.74) is 23.6. The van der Waals surface area contributed by atoms with Gasteiger partial charge in [0, 0.05) is 55.0 Å². The molecule has 0 amide bonds. The summed E-state index contributed by atoms with van der Waals surface area (Å²) in [6.45, 7) is 33.2. The van der Waals surface area contributed by atoms with E-state index in [4.69, 9.17) is 20.6 Å². The predicted molar refractivity (Wildman–Crippen MR) is 359 cm³/mol. The first-order valence-corrected chi connectivity index (χ1v) is 30.5. The van der Waals surface area contributed by atoms with Gasteiger partial charge in [-0.2, -0.15) is 0 Å². The number of para-hydroxylation sites is 4. The number of nitrogens with zero attached hydrogens (tertiary/aromatic N) is 4. The summed E-state index contributed by atoms with van der Waals surface area (Å²) < 4.78 is 0. The molecule has 0 spiro atoms. The van der Waals surface area contributed by atoms with Crippen LogP contribution in [0.2, 0.25) is 0 Å². The Morgan fingerprint density at radius 2 is 1.05 bits per heavy atom. The van der Waals surface area contributed by atoms with Crippen LogP contribution in [-0.4, -0.2) is 23.8 Å². The van der Waals surface area contributed by atoms with Crippen molar-refractivity contribution in [3.8, 4) is 11.3 Å². The molecule has 6 nitrogen and oxygen atoms in total. The fourth-order valence-corrected chi connectivity index (χ4v) is 12.0. The van der Waals surface area contributed by atoms with Crippen molar-refractivity contribution in [2.75, 3.05) is 23.7 Å². The Bertz CT molecular complexity index is 3180. The molecule has 0 saturated carbocycles. The van der Waals surface area contributed by atoms with E-state index in [2.05, 4.69) is 245 Å². The minimum absolute atomic E-state index is 0. The van der Waals surface area contributed by atoms with Gasteiger partial charge in [0.05, 0.1) is 23.5 Å². The number of fused-ring (bicyclic) bond motifs is 2. The van der Waals surface area contributed by atoms with Crippen molar-refractivity contribution in [3.63, 3.8) is 0 Å². The van der Waals surface area contributed by atoms with Crippen molar-refractivity contribution in [2.24, 2.45) is 4.99 Å². The summed E-state index contributed by atoms with van der Waals surface area (Å²) in [4.78, 5) is 10.8. The number of pyridine rings is 1. The van der Waals surface area contributed by atoms with Crippen LogP contribution in [-0.2, 0) is 38.7 Å². The first-order chi connectivity index (χ1) is 38.7. The number of anilines is 2. The molecule has 3 aliphatic rings. The van der Waals surface area contributed by atoms with Crippen LogP contribution >= 0.6 is 0 Å². The second kappa shape index (κ2) is 31.7. The number of hydrogen-bond donors (Lipinski definition) is 2. The number of nitrogens with one attached hydrogen (secondary N) is 2. The van der Waals surface area contributed by atoms with Crippen LogP contribution in [0.25, 0.3) is 21.9 Å². The van der Waals surface area contributed by atoms with Gasteiger partial charge in [-0.15, -0.1) is 17.9 Å². The topological polar surface area (TPSA) is 77.5 Å². The Hall–Kier alpha value is -6.05. The largest absolute Gasteiger partial charge is 0.684 e. The van der Waals surface area contributed by atoms with E-state index in [0.29, 0.717) is 35.5 Å². The number of dihydropyridines is 1. The summed E-state index contributed by atoms with van der Waals surface area (Å²) in [5, 5.41) is 18.3. The van der Waals surface area contributed by atoms with E-state index in [1.54, 1.807) is 0 Å². The predicted octanol–water partition coefficient (Wildman–Crippen LogP) is 22.5. The van der Waals surface area contributed by atoms with Gasteiger partial charge in [-0.3, -0.25) is 9.98 Å². The Balaban J connectivity index is 0.000000285. The van der Waals surface area contributed by atoms with Gasteiger partial charge < -0.3 is 36.1 Å². The summed E-state index contributed by atoms with van der Waals surface area (Å²) in [6, 6.07) is 50.7. The van der Waals surface area contributed by atoms with E-state index in [1.165, 1.54) is 79.0 Å². The molecule has 0 saturated heterocycles. The van der Waals surface area contributed by atoms with Crippen LogP contribution in [0.5, 0.6) is 0 Å². The minimum atomic E-state index is -0.211. The van der Waals surface area contributed by atoms with Gasteiger partial charge in [0.15, 0.2) is 0 Å². The van der Waals surface area contributed by atoms with Crippen molar-refractivity contribution in [2.45, 2.75) is 183 Å². The molecule has 0 radical (unpaired) electrons. The number of aliphatic imine (C=N–C) groups is 1. The van der Waals surface area contributed by atoms with Gasteiger partial charge in [-0.25, -0.2) is 0 Å². The second-order valence-electron chi connectivity index (χ2n) is 23.8. The SMILES string of the molecule is CC.CC(C)c1ccccc1[C@H](Nc1c(C(C)C)cccc1C(C)C)C1=N[C@H](c2cccc3c2NCCC3)CC=C1.CC(C)c1ccccc1[C@H]([N-]c1c(C(C)C)cccc1C(C)C)c1cccc(-c2cccc3c2[N-]CCC3)n1.[CH3-].[CH3-].[Hf]. The third kappa shape index (κ3) is 15.8. The van der Waals surface area contributed by atoms with E-state index in [9.17, 15) is 0 Å². The molecule has 7 heteroatoms. The molecule has 3 aliphatic heterocycles. The number of hydrogen-bond acceptors (Lipinski definition) is 4. The van der Waals surface area contributed by atoms with Crippen molar-refractivity contribution in [1.82, 2.24) is 4.98 Å². The molecule has 3 atom stereocenters. The van der Waals surface area contributed by atoms with E-state index in [0.717, 1.165) is 72.8 Å². The first kappa shape index (κ1) is 67.7. The van der Waals surface area contributed by atoms with Crippen LogP contribution in [0.1, 0.15) is 237 Å². The van der Waals surface area contributed by atoms with Crippen molar-refractivity contribution < 1.29 is 25.8 Å².